The van der Waals surface area contributed by atoms with E-state index < -0.39 is 0 Å². The number of nitrogens with two attached hydrogens (primary N) is 1. The maximum absolute atomic E-state index is 12.5. The van der Waals surface area contributed by atoms with E-state index in [9.17, 15) is 4.79 Å². The number of carbonyl (C=O) groups excluding carboxylic acids is 1. The lowest BCUT2D eigenvalue weighted by atomic mass is 10.1. The third-order valence-corrected chi connectivity index (χ3v) is 3.63. The molecule has 0 aliphatic carbocycles. The van der Waals surface area contributed by atoms with E-state index in [1.54, 1.807) is 19.2 Å². The van der Waals surface area contributed by atoms with Gasteiger partial charge < -0.3 is 15.8 Å². The van der Waals surface area contributed by atoms with E-state index in [0.717, 1.165) is 22.6 Å². The number of rotatable bonds is 5. The molecular weight excluding hydrogens is 316 g/mol. The van der Waals surface area contributed by atoms with E-state index in [4.69, 9.17) is 10.5 Å². The molecule has 1 heterocycles. The number of hydrogen-bond acceptors (Lipinski definition) is 4. The van der Waals surface area contributed by atoms with Gasteiger partial charge in [0.2, 0.25) is 0 Å². The van der Waals surface area contributed by atoms with Crippen LogP contribution in [0.1, 0.15) is 27.3 Å². The summed E-state index contributed by atoms with van der Waals surface area (Å²) < 4.78 is 6.90. The van der Waals surface area contributed by atoms with Crippen LogP contribution in [0.2, 0.25) is 0 Å². The number of anilines is 2. The zero-order chi connectivity index (χ0) is 16.3. The maximum atomic E-state index is 12.5. The van der Waals surface area contributed by atoms with Crippen molar-refractivity contribution in [2.75, 3.05) is 24.8 Å². The number of nitrogen functional groups attached to an aromatic ring is 1. The van der Waals surface area contributed by atoms with E-state index in [2.05, 4.69) is 10.4 Å². The second-order valence-corrected chi connectivity index (χ2v) is 5.29. The average Bonchev–Trinajstić information content (AvgIpc) is 2.75. The number of amides is 1. The van der Waals surface area contributed by atoms with E-state index in [0.29, 0.717) is 24.4 Å². The van der Waals surface area contributed by atoms with Gasteiger partial charge in [0.1, 0.15) is 0 Å². The highest BCUT2D eigenvalue weighted by molar-refractivity contribution is 6.06. The van der Waals surface area contributed by atoms with Crippen LogP contribution in [-0.2, 0) is 11.3 Å². The lowest BCUT2D eigenvalue weighted by Crippen LogP contribution is -2.15. The number of nitrogens with zero attached hydrogens (tertiary/aromatic N) is 2. The second-order valence-electron chi connectivity index (χ2n) is 5.29. The highest BCUT2D eigenvalue weighted by Gasteiger charge is 2.16. The van der Waals surface area contributed by atoms with Crippen molar-refractivity contribution >= 4 is 29.7 Å². The number of aromatic nitrogens is 2. The van der Waals surface area contributed by atoms with Crippen molar-refractivity contribution in [1.29, 1.82) is 0 Å². The van der Waals surface area contributed by atoms with Gasteiger partial charge in [0.05, 0.1) is 30.2 Å². The summed E-state index contributed by atoms with van der Waals surface area (Å²) in [6.07, 6.45) is 0. The van der Waals surface area contributed by atoms with Gasteiger partial charge in [-0.25, -0.2) is 0 Å². The molecule has 1 aromatic heterocycles. The Kier molecular flexibility index (Phi) is 6.60. The standard InChI is InChI=1S/C16H22N4O2.ClH/c1-10-5-6-13(17)9-14(10)16(21)18-15-11(2)19-20(12(15)3)7-8-22-4;/h5-6,9H,7-8,17H2,1-4H3,(H,18,21);1H. The molecular formula is C16H23ClN4O2. The Bertz CT molecular complexity index is 698. The number of aryl methyl sites for hydroxylation is 2. The molecule has 0 saturated heterocycles. The molecule has 0 aliphatic heterocycles. The normalized spacial score (nSPS) is 10.3. The molecule has 7 heteroatoms. The Morgan fingerprint density at radius 2 is 2.04 bits per heavy atom. The summed E-state index contributed by atoms with van der Waals surface area (Å²) in [6.45, 7) is 6.91. The van der Waals surface area contributed by atoms with Crippen LogP contribution >= 0.6 is 12.4 Å². The molecule has 1 amide bonds. The lowest BCUT2D eigenvalue weighted by Gasteiger charge is -2.09. The van der Waals surface area contributed by atoms with Crippen molar-refractivity contribution in [3.8, 4) is 0 Å². The Labute approximate surface area is 142 Å². The van der Waals surface area contributed by atoms with Crippen LogP contribution in [-0.4, -0.2) is 29.4 Å². The maximum Gasteiger partial charge on any atom is 0.256 e. The third-order valence-electron chi connectivity index (χ3n) is 3.63. The first kappa shape index (κ1) is 19.0. The van der Waals surface area contributed by atoms with Crippen molar-refractivity contribution in [3.05, 3.63) is 40.7 Å². The molecule has 126 valence electrons. The minimum absolute atomic E-state index is 0. The molecule has 2 rings (SSSR count). The molecule has 23 heavy (non-hydrogen) atoms. The molecule has 2 aromatic rings. The van der Waals surface area contributed by atoms with Crippen LogP contribution in [0.15, 0.2) is 18.2 Å². The Balaban J connectivity index is 0.00000264. The van der Waals surface area contributed by atoms with Crippen LogP contribution in [0.5, 0.6) is 0 Å². The quantitative estimate of drug-likeness (QED) is 0.821. The first-order valence-corrected chi connectivity index (χ1v) is 7.14. The van der Waals surface area contributed by atoms with Gasteiger partial charge in [0.25, 0.3) is 5.91 Å². The number of methoxy groups -OCH3 is 1. The Morgan fingerprint density at radius 1 is 1.35 bits per heavy atom. The number of nitrogens with one attached hydrogen (secondary N) is 1. The van der Waals surface area contributed by atoms with Gasteiger partial charge in [0, 0.05) is 18.4 Å². The number of benzene rings is 1. The molecule has 0 aliphatic rings. The summed E-state index contributed by atoms with van der Waals surface area (Å²) in [6, 6.07) is 5.31. The third kappa shape index (κ3) is 4.24. The van der Waals surface area contributed by atoms with Crippen molar-refractivity contribution in [2.24, 2.45) is 0 Å². The molecule has 0 saturated carbocycles. The minimum Gasteiger partial charge on any atom is -0.399 e. The lowest BCUT2D eigenvalue weighted by molar-refractivity contribution is 0.102. The molecule has 1 aromatic carbocycles. The van der Waals surface area contributed by atoms with Gasteiger partial charge in [-0.1, -0.05) is 6.07 Å². The van der Waals surface area contributed by atoms with Crippen LogP contribution in [0, 0.1) is 20.8 Å². The summed E-state index contributed by atoms with van der Waals surface area (Å²) in [5.41, 5.74) is 10.2. The molecule has 3 N–H and O–H groups in total. The summed E-state index contributed by atoms with van der Waals surface area (Å²) in [5, 5.41) is 7.37. The number of halogens is 1. The topological polar surface area (TPSA) is 82.2 Å². The zero-order valence-corrected chi connectivity index (χ0v) is 14.7. The summed E-state index contributed by atoms with van der Waals surface area (Å²) in [4.78, 5) is 12.5. The summed E-state index contributed by atoms with van der Waals surface area (Å²) >= 11 is 0. The van der Waals surface area contributed by atoms with E-state index >= 15 is 0 Å². The summed E-state index contributed by atoms with van der Waals surface area (Å²) in [5.74, 6) is -0.178. The monoisotopic (exact) mass is 338 g/mol. The highest BCUT2D eigenvalue weighted by Crippen LogP contribution is 2.21. The molecule has 0 spiro atoms. The van der Waals surface area contributed by atoms with Gasteiger partial charge in [0.15, 0.2) is 0 Å². The van der Waals surface area contributed by atoms with E-state index in [-0.39, 0.29) is 18.3 Å². The average molecular weight is 339 g/mol. The molecule has 0 unspecified atom stereocenters. The number of ether oxygens (including phenoxy) is 1. The fourth-order valence-electron chi connectivity index (χ4n) is 2.34. The smallest absolute Gasteiger partial charge is 0.256 e. The van der Waals surface area contributed by atoms with Gasteiger partial charge >= 0.3 is 0 Å². The Hall–Kier alpha value is -2.05. The fourth-order valence-corrected chi connectivity index (χ4v) is 2.34. The predicted molar refractivity (Wildman–Crippen MR) is 94.4 cm³/mol. The largest absolute Gasteiger partial charge is 0.399 e. The fraction of sp³-hybridized carbons (Fsp3) is 0.375. The van der Waals surface area contributed by atoms with Gasteiger partial charge in [-0.2, -0.15) is 5.10 Å². The zero-order valence-electron chi connectivity index (χ0n) is 13.8. The van der Waals surface area contributed by atoms with E-state index in [1.807, 2.05) is 31.5 Å². The Morgan fingerprint density at radius 3 is 2.70 bits per heavy atom. The van der Waals surface area contributed by atoms with Gasteiger partial charge in [-0.3, -0.25) is 9.48 Å². The van der Waals surface area contributed by atoms with Gasteiger partial charge in [-0.05, 0) is 38.5 Å². The van der Waals surface area contributed by atoms with Crippen LogP contribution in [0.3, 0.4) is 0 Å². The molecule has 0 radical (unpaired) electrons. The molecule has 6 nitrogen and oxygen atoms in total. The van der Waals surface area contributed by atoms with E-state index in [1.165, 1.54) is 0 Å². The first-order valence-electron chi connectivity index (χ1n) is 7.14. The van der Waals surface area contributed by atoms with Gasteiger partial charge in [-0.15, -0.1) is 12.4 Å². The minimum atomic E-state index is -0.178. The molecule has 0 fully saturated rings. The van der Waals surface area contributed by atoms with Crippen molar-refractivity contribution in [2.45, 2.75) is 27.3 Å². The SMILES string of the molecule is COCCn1nc(C)c(NC(=O)c2cc(N)ccc2C)c1C.Cl. The van der Waals surface area contributed by atoms with Crippen molar-refractivity contribution in [1.82, 2.24) is 9.78 Å². The predicted octanol–water partition coefficient (Wildman–Crippen LogP) is 2.71. The summed E-state index contributed by atoms with van der Waals surface area (Å²) in [7, 11) is 1.65. The molecule has 0 atom stereocenters. The van der Waals surface area contributed by atoms with Crippen LogP contribution in [0.4, 0.5) is 11.4 Å². The van der Waals surface area contributed by atoms with Crippen molar-refractivity contribution < 1.29 is 9.53 Å². The first-order chi connectivity index (χ1) is 10.4. The second kappa shape index (κ2) is 7.99. The van der Waals surface area contributed by atoms with Crippen LogP contribution < -0.4 is 11.1 Å². The molecule has 0 bridgehead atoms. The van der Waals surface area contributed by atoms with Crippen molar-refractivity contribution in [3.63, 3.8) is 0 Å². The number of carbonyl (C=O) groups is 1. The highest BCUT2D eigenvalue weighted by atomic mass is 35.5. The number of hydrogen-bond donors (Lipinski definition) is 2. The van der Waals surface area contributed by atoms with Crippen LogP contribution in [0.25, 0.3) is 0 Å².